The molecular weight excluding hydrogens is 367 g/mol. The lowest BCUT2D eigenvalue weighted by Gasteiger charge is -2.09. The Hall–Kier alpha value is -1.60. The third-order valence-corrected chi connectivity index (χ3v) is 3.62. The second-order valence-corrected chi connectivity index (χ2v) is 5.33. The van der Waals surface area contributed by atoms with E-state index in [-0.39, 0.29) is 12.5 Å². The first-order valence-corrected chi connectivity index (χ1v) is 7.23. The van der Waals surface area contributed by atoms with Crippen molar-refractivity contribution in [2.24, 2.45) is 5.73 Å². The van der Waals surface area contributed by atoms with E-state index in [9.17, 15) is 4.79 Å². The van der Waals surface area contributed by atoms with Crippen LogP contribution in [0.1, 0.15) is 5.56 Å². The maximum absolute atomic E-state index is 11.8. The third-order valence-electron chi connectivity index (χ3n) is 2.68. The molecule has 0 spiro atoms. The Labute approximate surface area is 131 Å². The van der Waals surface area contributed by atoms with Crippen molar-refractivity contribution in [3.63, 3.8) is 0 Å². The summed E-state index contributed by atoms with van der Waals surface area (Å²) < 4.78 is 6.42. The van der Waals surface area contributed by atoms with Gasteiger partial charge >= 0.3 is 0 Å². The first-order valence-electron chi connectivity index (χ1n) is 6.15. The number of carbonyl (C=O) groups excluding carboxylic acids is 1. The van der Waals surface area contributed by atoms with Crippen LogP contribution in [0.25, 0.3) is 0 Å². The Morgan fingerprint density at radius 1 is 1.15 bits per heavy atom. The van der Waals surface area contributed by atoms with Crippen LogP contribution in [0.15, 0.2) is 48.5 Å². The standard InChI is InChI=1S/C15H15IN2O2/c16-13-3-1-2-4-14(13)18-15(19)10-20-12-7-5-11(9-17)6-8-12/h1-8H,9-10,17H2,(H,18,19). The molecule has 0 fully saturated rings. The molecule has 0 atom stereocenters. The van der Waals surface area contributed by atoms with E-state index in [1.165, 1.54) is 0 Å². The minimum absolute atomic E-state index is 0.0209. The molecule has 0 unspecified atom stereocenters. The van der Waals surface area contributed by atoms with Gasteiger partial charge in [0, 0.05) is 10.1 Å². The van der Waals surface area contributed by atoms with Crippen LogP contribution >= 0.6 is 22.6 Å². The fourth-order valence-electron chi connectivity index (χ4n) is 1.62. The number of carbonyl (C=O) groups is 1. The highest BCUT2D eigenvalue weighted by molar-refractivity contribution is 14.1. The number of hydrogen-bond donors (Lipinski definition) is 2. The molecule has 2 aromatic carbocycles. The summed E-state index contributed by atoms with van der Waals surface area (Å²) in [5.41, 5.74) is 7.34. The number of anilines is 1. The third kappa shape index (κ3) is 4.21. The van der Waals surface area contributed by atoms with Crippen molar-refractivity contribution in [2.75, 3.05) is 11.9 Å². The van der Waals surface area contributed by atoms with Crippen molar-refractivity contribution in [2.45, 2.75) is 6.54 Å². The van der Waals surface area contributed by atoms with Crippen LogP contribution < -0.4 is 15.8 Å². The zero-order valence-electron chi connectivity index (χ0n) is 10.8. The van der Waals surface area contributed by atoms with Crippen LogP contribution in [0.5, 0.6) is 5.75 Å². The van der Waals surface area contributed by atoms with Crippen molar-refractivity contribution in [3.8, 4) is 5.75 Å². The van der Waals surface area contributed by atoms with Gasteiger partial charge in [-0.25, -0.2) is 0 Å². The van der Waals surface area contributed by atoms with E-state index in [2.05, 4.69) is 27.9 Å². The molecule has 2 rings (SSSR count). The van der Waals surface area contributed by atoms with Gasteiger partial charge in [0.05, 0.1) is 5.69 Å². The minimum Gasteiger partial charge on any atom is -0.484 e. The zero-order valence-corrected chi connectivity index (χ0v) is 13.0. The fourth-order valence-corrected chi connectivity index (χ4v) is 2.14. The lowest BCUT2D eigenvalue weighted by molar-refractivity contribution is -0.118. The molecule has 0 aliphatic carbocycles. The van der Waals surface area contributed by atoms with E-state index >= 15 is 0 Å². The summed E-state index contributed by atoms with van der Waals surface area (Å²) >= 11 is 2.17. The van der Waals surface area contributed by atoms with Crippen molar-refractivity contribution >= 4 is 34.2 Å². The van der Waals surface area contributed by atoms with Gasteiger partial charge in [-0.05, 0) is 52.4 Å². The first-order chi connectivity index (χ1) is 9.69. The average molecular weight is 382 g/mol. The van der Waals surface area contributed by atoms with E-state index in [0.717, 1.165) is 14.8 Å². The molecule has 0 saturated carbocycles. The predicted molar refractivity (Wildman–Crippen MR) is 87.6 cm³/mol. The molecule has 0 bridgehead atoms. The molecule has 3 N–H and O–H groups in total. The van der Waals surface area contributed by atoms with E-state index in [4.69, 9.17) is 10.5 Å². The Balaban J connectivity index is 1.87. The van der Waals surface area contributed by atoms with Gasteiger partial charge in [-0.2, -0.15) is 0 Å². The molecule has 0 aliphatic heterocycles. The van der Waals surface area contributed by atoms with Gasteiger partial charge in [0.2, 0.25) is 0 Å². The van der Waals surface area contributed by atoms with Crippen LogP contribution in [0.3, 0.4) is 0 Å². The van der Waals surface area contributed by atoms with E-state index in [1.807, 2.05) is 48.5 Å². The summed E-state index contributed by atoms with van der Waals surface area (Å²) in [5, 5.41) is 2.81. The maximum Gasteiger partial charge on any atom is 0.262 e. The maximum atomic E-state index is 11.8. The van der Waals surface area contributed by atoms with Crippen molar-refractivity contribution in [3.05, 3.63) is 57.7 Å². The fraction of sp³-hybridized carbons (Fsp3) is 0.133. The molecule has 5 heteroatoms. The smallest absolute Gasteiger partial charge is 0.262 e. The van der Waals surface area contributed by atoms with E-state index < -0.39 is 0 Å². The minimum atomic E-state index is -0.183. The van der Waals surface area contributed by atoms with Gasteiger partial charge in [0.15, 0.2) is 6.61 Å². The average Bonchev–Trinajstić information content (AvgIpc) is 2.48. The molecule has 0 aliphatic rings. The number of hydrogen-bond acceptors (Lipinski definition) is 3. The summed E-state index contributed by atoms with van der Waals surface area (Å²) in [6, 6.07) is 15.0. The number of para-hydroxylation sites is 1. The van der Waals surface area contributed by atoms with Crippen LogP contribution in [0, 0.1) is 3.57 Å². The lowest BCUT2D eigenvalue weighted by Crippen LogP contribution is -2.20. The second kappa shape index (κ2) is 7.25. The predicted octanol–water partition coefficient (Wildman–Crippen LogP) is 2.77. The summed E-state index contributed by atoms with van der Waals surface area (Å²) in [4.78, 5) is 11.8. The molecule has 0 saturated heterocycles. The van der Waals surface area contributed by atoms with Crippen LogP contribution in [0.2, 0.25) is 0 Å². The number of nitrogens with two attached hydrogens (primary N) is 1. The Bertz CT molecular complexity index is 585. The van der Waals surface area contributed by atoms with Gasteiger partial charge in [-0.3, -0.25) is 4.79 Å². The highest BCUT2D eigenvalue weighted by atomic mass is 127. The molecule has 0 aromatic heterocycles. The zero-order chi connectivity index (χ0) is 14.4. The Kier molecular flexibility index (Phi) is 5.37. The molecule has 20 heavy (non-hydrogen) atoms. The summed E-state index contributed by atoms with van der Waals surface area (Å²) in [7, 11) is 0. The Morgan fingerprint density at radius 3 is 2.50 bits per heavy atom. The number of rotatable bonds is 5. The van der Waals surface area contributed by atoms with Gasteiger partial charge < -0.3 is 15.8 Å². The summed E-state index contributed by atoms with van der Waals surface area (Å²) in [5.74, 6) is 0.470. The lowest BCUT2D eigenvalue weighted by atomic mass is 10.2. The molecule has 104 valence electrons. The molecule has 2 aromatic rings. The number of nitrogens with one attached hydrogen (secondary N) is 1. The normalized spacial score (nSPS) is 10.1. The number of halogens is 1. The number of benzene rings is 2. The van der Waals surface area contributed by atoms with E-state index in [0.29, 0.717) is 12.3 Å². The molecular formula is C15H15IN2O2. The van der Waals surface area contributed by atoms with Gasteiger partial charge in [0.25, 0.3) is 5.91 Å². The topological polar surface area (TPSA) is 64.3 Å². The second-order valence-electron chi connectivity index (χ2n) is 4.16. The van der Waals surface area contributed by atoms with Gasteiger partial charge in [-0.1, -0.05) is 24.3 Å². The van der Waals surface area contributed by atoms with Crippen molar-refractivity contribution < 1.29 is 9.53 Å². The molecule has 1 amide bonds. The van der Waals surface area contributed by atoms with Crippen LogP contribution in [-0.4, -0.2) is 12.5 Å². The molecule has 0 heterocycles. The van der Waals surface area contributed by atoms with Crippen molar-refractivity contribution in [1.82, 2.24) is 0 Å². The quantitative estimate of drug-likeness (QED) is 0.782. The van der Waals surface area contributed by atoms with Crippen LogP contribution in [0.4, 0.5) is 5.69 Å². The highest BCUT2D eigenvalue weighted by Crippen LogP contribution is 2.17. The number of amides is 1. The monoisotopic (exact) mass is 382 g/mol. The summed E-state index contributed by atoms with van der Waals surface area (Å²) in [6.07, 6.45) is 0. The first kappa shape index (κ1) is 14.8. The SMILES string of the molecule is NCc1ccc(OCC(=O)Nc2ccccc2I)cc1. The van der Waals surface area contributed by atoms with Gasteiger partial charge in [-0.15, -0.1) is 0 Å². The van der Waals surface area contributed by atoms with Gasteiger partial charge in [0.1, 0.15) is 5.75 Å². The molecule has 4 nitrogen and oxygen atoms in total. The highest BCUT2D eigenvalue weighted by Gasteiger charge is 2.05. The van der Waals surface area contributed by atoms with Crippen LogP contribution in [-0.2, 0) is 11.3 Å². The Morgan fingerprint density at radius 2 is 1.85 bits per heavy atom. The molecule has 0 radical (unpaired) electrons. The van der Waals surface area contributed by atoms with E-state index in [1.54, 1.807) is 0 Å². The largest absolute Gasteiger partial charge is 0.484 e. The number of ether oxygens (including phenoxy) is 1. The van der Waals surface area contributed by atoms with Crippen molar-refractivity contribution in [1.29, 1.82) is 0 Å². The summed E-state index contributed by atoms with van der Waals surface area (Å²) in [6.45, 7) is 0.472.